The fraction of sp³-hybridized carbons (Fsp3) is 0.0833. The molecular formula is C24H19BrF3N7O. The lowest BCUT2D eigenvalue weighted by Gasteiger charge is -2.16. The van der Waals surface area contributed by atoms with E-state index in [1.165, 1.54) is 6.07 Å². The van der Waals surface area contributed by atoms with Gasteiger partial charge in [-0.25, -0.2) is 4.98 Å². The van der Waals surface area contributed by atoms with Gasteiger partial charge in [0.1, 0.15) is 5.82 Å². The topological polar surface area (TPSA) is 96.8 Å². The Kier molecular flexibility index (Phi) is 7.06. The van der Waals surface area contributed by atoms with E-state index in [1.54, 1.807) is 30.3 Å². The summed E-state index contributed by atoms with van der Waals surface area (Å²) in [4.78, 5) is 20.6. The summed E-state index contributed by atoms with van der Waals surface area (Å²) >= 11 is 3.39. The Bertz CT molecular complexity index is 1420. The van der Waals surface area contributed by atoms with Crippen LogP contribution in [0.4, 0.5) is 42.0 Å². The summed E-state index contributed by atoms with van der Waals surface area (Å²) in [7, 11) is 1.76. The molecule has 2 aromatic heterocycles. The number of anilines is 5. The Morgan fingerprint density at radius 1 is 1.06 bits per heavy atom. The molecular weight excluding hydrogens is 539 g/mol. The van der Waals surface area contributed by atoms with E-state index >= 15 is 0 Å². The van der Waals surface area contributed by atoms with Crippen LogP contribution in [0.3, 0.4) is 0 Å². The summed E-state index contributed by atoms with van der Waals surface area (Å²) < 4.78 is 43.2. The fourth-order valence-electron chi connectivity index (χ4n) is 3.26. The van der Waals surface area contributed by atoms with E-state index < -0.39 is 17.6 Å². The number of aryl methyl sites for hydroxylation is 1. The second-order valence-corrected chi connectivity index (χ2v) is 8.52. The first-order chi connectivity index (χ1) is 17.1. The molecule has 0 aliphatic carbocycles. The lowest BCUT2D eigenvalue weighted by molar-refractivity contribution is -0.137. The van der Waals surface area contributed by atoms with E-state index in [4.69, 9.17) is 0 Å². The van der Waals surface area contributed by atoms with Gasteiger partial charge in [-0.05, 0) is 42.0 Å². The highest BCUT2D eigenvalue weighted by Crippen LogP contribution is 2.36. The van der Waals surface area contributed by atoms with Crippen LogP contribution in [0.2, 0.25) is 0 Å². The van der Waals surface area contributed by atoms with Crippen molar-refractivity contribution < 1.29 is 18.0 Å². The number of rotatable bonds is 7. The van der Waals surface area contributed by atoms with E-state index in [9.17, 15) is 18.0 Å². The van der Waals surface area contributed by atoms with Crippen LogP contribution in [0.1, 0.15) is 5.56 Å². The molecule has 0 unspecified atom stereocenters. The smallest absolute Gasteiger partial charge is 0.339 e. The summed E-state index contributed by atoms with van der Waals surface area (Å²) in [5, 5.41) is 12.4. The quantitative estimate of drug-likeness (QED) is 0.232. The molecule has 0 radical (unpaired) electrons. The van der Waals surface area contributed by atoms with Gasteiger partial charge < -0.3 is 16.0 Å². The van der Waals surface area contributed by atoms with Crippen molar-refractivity contribution in [3.63, 3.8) is 0 Å². The van der Waals surface area contributed by atoms with Crippen molar-refractivity contribution in [1.82, 2.24) is 19.7 Å². The monoisotopic (exact) mass is 557 g/mol. The average molecular weight is 558 g/mol. The maximum Gasteiger partial charge on any atom is 0.416 e. The zero-order valence-corrected chi connectivity index (χ0v) is 20.4. The highest BCUT2D eigenvalue weighted by atomic mass is 79.9. The molecule has 0 saturated heterocycles. The molecule has 1 amide bonds. The summed E-state index contributed by atoms with van der Waals surface area (Å²) in [6.45, 7) is 3.33. The molecule has 12 heteroatoms. The second kappa shape index (κ2) is 10.2. The lowest BCUT2D eigenvalue weighted by Crippen LogP contribution is -2.11. The van der Waals surface area contributed by atoms with E-state index in [2.05, 4.69) is 53.5 Å². The molecule has 8 nitrogen and oxygen atoms in total. The molecule has 4 rings (SSSR count). The third-order valence-electron chi connectivity index (χ3n) is 4.88. The van der Waals surface area contributed by atoms with Gasteiger partial charge in [-0.2, -0.15) is 23.3 Å². The van der Waals surface area contributed by atoms with Crippen molar-refractivity contribution in [3.05, 3.63) is 83.7 Å². The van der Waals surface area contributed by atoms with Crippen molar-refractivity contribution in [2.45, 2.75) is 6.18 Å². The number of carbonyl (C=O) groups is 1. The van der Waals surface area contributed by atoms with Crippen LogP contribution in [-0.2, 0) is 18.0 Å². The first-order valence-electron chi connectivity index (χ1n) is 10.4. The maximum absolute atomic E-state index is 13.6. The number of nitrogens with one attached hydrogen (secondary N) is 3. The van der Waals surface area contributed by atoms with Gasteiger partial charge in [0.25, 0.3) is 0 Å². The van der Waals surface area contributed by atoms with Crippen LogP contribution in [0.15, 0.2) is 78.2 Å². The van der Waals surface area contributed by atoms with Gasteiger partial charge in [0.15, 0.2) is 0 Å². The molecule has 0 bridgehead atoms. The summed E-state index contributed by atoms with van der Waals surface area (Å²) in [5.74, 6) is -0.182. The molecule has 0 saturated carbocycles. The van der Waals surface area contributed by atoms with Gasteiger partial charge in [0.2, 0.25) is 11.9 Å². The molecule has 184 valence electrons. The van der Waals surface area contributed by atoms with E-state index in [1.807, 2.05) is 24.3 Å². The van der Waals surface area contributed by atoms with Gasteiger partial charge in [-0.15, -0.1) is 0 Å². The van der Waals surface area contributed by atoms with Crippen molar-refractivity contribution in [1.29, 1.82) is 0 Å². The number of amides is 1. The number of carbonyl (C=O) groups excluding carboxylic acids is 1. The number of hydrogen-bond acceptors (Lipinski definition) is 6. The fourth-order valence-corrected chi connectivity index (χ4v) is 3.52. The zero-order valence-electron chi connectivity index (χ0n) is 18.8. The molecule has 3 N–H and O–H groups in total. The van der Waals surface area contributed by atoms with Crippen LogP contribution >= 0.6 is 15.9 Å². The molecule has 0 spiro atoms. The number of hydrogen-bond donors (Lipinski definition) is 3. The standard InChI is InChI=1S/C24H19BrF3N7O/c1-3-21(36)31-17-8-15(24(26,27)28)9-18(10-17)32-22-20(14-4-6-16(25)7-5-14)12-29-23(34-22)33-19-11-30-35(2)13-19/h3-13H,1H2,2H3,(H,31,36)(H2,29,32,33,34). The molecule has 4 aromatic rings. The van der Waals surface area contributed by atoms with Gasteiger partial charge in [-0.1, -0.05) is 34.6 Å². The average Bonchev–Trinajstić information content (AvgIpc) is 3.23. The van der Waals surface area contributed by atoms with Crippen LogP contribution in [0.25, 0.3) is 11.1 Å². The maximum atomic E-state index is 13.6. The van der Waals surface area contributed by atoms with Gasteiger partial charge in [-0.3, -0.25) is 9.48 Å². The normalized spacial score (nSPS) is 11.1. The van der Waals surface area contributed by atoms with Crippen molar-refractivity contribution >= 4 is 50.7 Å². The van der Waals surface area contributed by atoms with Crippen molar-refractivity contribution in [3.8, 4) is 11.1 Å². The van der Waals surface area contributed by atoms with E-state index in [0.29, 0.717) is 11.3 Å². The second-order valence-electron chi connectivity index (χ2n) is 7.61. The molecule has 0 fully saturated rings. The third-order valence-corrected chi connectivity index (χ3v) is 5.41. The summed E-state index contributed by atoms with van der Waals surface area (Å²) in [5.41, 5.74) is 0.987. The minimum absolute atomic E-state index is 0.0508. The first kappa shape index (κ1) is 24.9. The molecule has 36 heavy (non-hydrogen) atoms. The van der Waals surface area contributed by atoms with Crippen LogP contribution in [0.5, 0.6) is 0 Å². The van der Waals surface area contributed by atoms with Crippen LogP contribution in [-0.4, -0.2) is 25.7 Å². The Morgan fingerprint density at radius 2 is 1.78 bits per heavy atom. The molecule has 0 aliphatic heterocycles. The first-order valence-corrected chi connectivity index (χ1v) is 11.2. The Balaban J connectivity index is 1.78. The summed E-state index contributed by atoms with van der Waals surface area (Å²) in [6, 6.07) is 10.5. The summed E-state index contributed by atoms with van der Waals surface area (Å²) in [6.07, 6.45) is 1.20. The molecule has 0 aliphatic rings. The number of alkyl halides is 3. The minimum Gasteiger partial charge on any atom is -0.339 e. The highest BCUT2D eigenvalue weighted by molar-refractivity contribution is 9.10. The van der Waals surface area contributed by atoms with E-state index in [-0.39, 0.29) is 23.1 Å². The lowest BCUT2D eigenvalue weighted by atomic mass is 10.1. The van der Waals surface area contributed by atoms with Gasteiger partial charge in [0, 0.05) is 40.9 Å². The van der Waals surface area contributed by atoms with Crippen molar-refractivity contribution in [2.24, 2.45) is 7.05 Å². The zero-order chi connectivity index (χ0) is 25.9. The third kappa shape index (κ3) is 6.08. The van der Waals surface area contributed by atoms with Crippen LogP contribution < -0.4 is 16.0 Å². The number of halogens is 4. The Morgan fingerprint density at radius 3 is 2.42 bits per heavy atom. The molecule has 2 heterocycles. The predicted molar refractivity (Wildman–Crippen MR) is 135 cm³/mol. The van der Waals surface area contributed by atoms with Gasteiger partial charge >= 0.3 is 6.18 Å². The Hall–Kier alpha value is -4.19. The largest absolute Gasteiger partial charge is 0.416 e. The van der Waals surface area contributed by atoms with Gasteiger partial charge in [0.05, 0.1) is 17.4 Å². The van der Waals surface area contributed by atoms with Crippen molar-refractivity contribution in [2.75, 3.05) is 16.0 Å². The molecule has 0 atom stereocenters. The number of nitrogens with zero attached hydrogens (tertiary/aromatic N) is 4. The number of aromatic nitrogens is 4. The predicted octanol–water partition coefficient (Wildman–Crippen LogP) is 6.27. The minimum atomic E-state index is -4.64. The molecule has 2 aromatic carbocycles. The SMILES string of the molecule is C=CC(=O)Nc1cc(Nc2nc(Nc3cnn(C)c3)ncc2-c2ccc(Br)cc2)cc(C(F)(F)F)c1. The Labute approximate surface area is 212 Å². The van der Waals surface area contributed by atoms with Crippen LogP contribution in [0, 0.1) is 0 Å². The highest BCUT2D eigenvalue weighted by Gasteiger charge is 2.31. The number of benzene rings is 2. The van der Waals surface area contributed by atoms with E-state index in [0.717, 1.165) is 28.2 Å².